The second-order valence-electron chi connectivity index (χ2n) is 3.87. The summed E-state index contributed by atoms with van der Waals surface area (Å²) in [5.41, 5.74) is 0.397. The van der Waals surface area contributed by atoms with Crippen LogP contribution in [0.1, 0.15) is 22.5 Å². The van der Waals surface area contributed by atoms with Gasteiger partial charge in [-0.15, -0.1) is 0 Å². The molecule has 1 atom stereocenters. The van der Waals surface area contributed by atoms with Crippen LogP contribution in [-0.2, 0) is 16.0 Å². The quantitative estimate of drug-likeness (QED) is 0.523. The minimum Gasteiger partial charge on any atom is -0.467 e. The van der Waals surface area contributed by atoms with Gasteiger partial charge in [-0.2, -0.15) is 0 Å². The van der Waals surface area contributed by atoms with Gasteiger partial charge in [-0.3, -0.25) is 0 Å². The van der Waals surface area contributed by atoms with E-state index >= 15 is 0 Å². The minimum atomic E-state index is -0.468. The second kappa shape index (κ2) is 7.86. The van der Waals surface area contributed by atoms with Gasteiger partial charge in [0.15, 0.2) is 0 Å². The number of rotatable bonds is 8. The highest BCUT2D eigenvalue weighted by Crippen LogP contribution is 2.08. The van der Waals surface area contributed by atoms with Crippen molar-refractivity contribution in [3.05, 3.63) is 23.7 Å². The average Bonchev–Trinajstić information content (AvgIpc) is 2.83. The third-order valence-electron chi connectivity index (χ3n) is 2.39. The van der Waals surface area contributed by atoms with Crippen LogP contribution in [0.4, 0.5) is 0 Å². The number of aliphatic hydroxyl groups excluding tert-OH is 1. The molecule has 1 aromatic heterocycles. The van der Waals surface area contributed by atoms with Gasteiger partial charge in [-0.05, 0) is 19.0 Å². The van der Waals surface area contributed by atoms with Crippen LogP contribution in [0.25, 0.3) is 0 Å². The molecule has 0 saturated heterocycles. The lowest BCUT2D eigenvalue weighted by Crippen LogP contribution is -2.22. The molecule has 6 heteroatoms. The van der Waals surface area contributed by atoms with Gasteiger partial charge < -0.3 is 24.3 Å². The van der Waals surface area contributed by atoms with Crippen molar-refractivity contribution >= 4 is 5.97 Å². The zero-order valence-electron chi connectivity index (χ0n) is 10.6. The zero-order valence-corrected chi connectivity index (χ0v) is 10.6. The number of aliphatic hydroxyl groups is 1. The Morgan fingerprint density at radius 1 is 1.56 bits per heavy atom. The molecule has 1 rings (SSSR count). The van der Waals surface area contributed by atoms with Crippen molar-refractivity contribution in [2.75, 3.05) is 27.4 Å². The molecule has 0 spiro atoms. The maximum atomic E-state index is 11.2. The first-order valence-corrected chi connectivity index (χ1v) is 5.70. The Hall–Kier alpha value is -1.37. The van der Waals surface area contributed by atoms with Gasteiger partial charge in [0.1, 0.15) is 12.0 Å². The van der Waals surface area contributed by atoms with E-state index in [0.717, 1.165) is 0 Å². The Bertz CT molecular complexity index is 363. The SMILES string of the molecule is COCC(O)CCNCc1cc(C(=O)OC)co1. The van der Waals surface area contributed by atoms with E-state index in [9.17, 15) is 9.90 Å². The third-order valence-corrected chi connectivity index (χ3v) is 2.39. The zero-order chi connectivity index (χ0) is 13.4. The first-order valence-electron chi connectivity index (χ1n) is 5.70. The highest BCUT2D eigenvalue weighted by Gasteiger charge is 2.09. The van der Waals surface area contributed by atoms with Crippen LogP contribution in [0.5, 0.6) is 0 Å². The first kappa shape index (κ1) is 14.7. The first-order chi connectivity index (χ1) is 8.67. The fourth-order valence-corrected chi connectivity index (χ4v) is 1.45. The molecular formula is C12H19NO5. The van der Waals surface area contributed by atoms with Crippen molar-refractivity contribution in [3.8, 4) is 0 Å². The number of carbonyl (C=O) groups excluding carboxylic acids is 1. The normalized spacial score (nSPS) is 12.4. The number of ether oxygens (including phenoxy) is 2. The molecule has 0 saturated carbocycles. The molecule has 18 heavy (non-hydrogen) atoms. The van der Waals surface area contributed by atoms with E-state index in [1.807, 2.05) is 0 Å². The summed E-state index contributed by atoms with van der Waals surface area (Å²) in [7, 11) is 2.87. The van der Waals surface area contributed by atoms with Crippen LogP contribution < -0.4 is 5.32 Å². The summed E-state index contributed by atoms with van der Waals surface area (Å²) >= 11 is 0. The Morgan fingerprint density at radius 2 is 2.33 bits per heavy atom. The number of methoxy groups -OCH3 is 2. The molecule has 1 aromatic rings. The van der Waals surface area contributed by atoms with Crippen LogP contribution in [0.2, 0.25) is 0 Å². The van der Waals surface area contributed by atoms with Crippen molar-refractivity contribution in [2.24, 2.45) is 0 Å². The predicted molar refractivity (Wildman–Crippen MR) is 64.3 cm³/mol. The lowest BCUT2D eigenvalue weighted by molar-refractivity contribution is 0.0592. The number of esters is 1. The summed E-state index contributed by atoms with van der Waals surface area (Å²) in [6.07, 6.45) is 1.49. The number of hydrogen-bond donors (Lipinski definition) is 2. The maximum Gasteiger partial charge on any atom is 0.341 e. The van der Waals surface area contributed by atoms with Crippen molar-refractivity contribution in [2.45, 2.75) is 19.1 Å². The molecule has 6 nitrogen and oxygen atoms in total. The molecule has 2 N–H and O–H groups in total. The predicted octanol–water partition coefficient (Wildman–Crippen LogP) is 0.553. The lowest BCUT2D eigenvalue weighted by Gasteiger charge is -2.09. The van der Waals surface area contributed by atoms with E-state index in [4.69, 9.17) is 9.15 Å². The largest absolute Gasteiger partial charge is 0.467 e. The second-order valence-corrected chi connectivity index (χ2v) is 3.87. The standard InChI is InChI=1S/C12H19NO5/c1-16-8-10(14)3-4-13-6-11-5-9(7-18-11)12(15)17-2/h5,7,10,13-14H,3-4,6,8H2,1-2H3. The van der Waals surface area contributed by atoms with Crippen LogP contribution in [0, 0.1) is 0 Å². The Kier molecular flexibility index (Phi) is 6.42. The van der Waals surface area contributed by atoms with E-state index < -0.39 is 12.1 Å². The Balaban J connectivity index is 2.23. The van der Waals surface area contributed by atoms with Gasteiger partial charge in [0.2, 0.25) is 0 Å². The van der Waals surface area contributed by atoms with Gasteiger partial charge in [-0.25, -0.2) is 4.79 Å². The minimum absolute atomic E-state index is 0.328. The molecule has 0 radical (unpaired) electrons. The summed E-state index contributed by atoms with van der Waals surface area (Å²) < 4.78 is 14.6. The molecule has 0 bridgehead atoms. The van der Waals surface area contributed by atoms with Crippen LogP contribution in [-0.4, -0.2) is 44.6 Å². The van der Waals surface area contributed by atoms with Gasteiger partial charge in [-0.1, -0.05) is 0 Å². The van der Waals surface area contributed by atoms with Gasteiger partial charge in [0.25, 0.3) is 0 Å². The molecular weight excluding hydrogens is 238 g/mol. The van der Waals surface area contributed by atoms with E-state index in [2.05, 4.69) is 10.1 Å². The van der Waals surface area contributed by atoms with Gasteiger partial charge >= 0.3 is 5.97 Å². The monoisotopic (exact) mass is 257 g/mol. The fraction of sp³-hybridized carbons (Fsp3) is 0.583. The summed E-state index contributed by atoms with van der Waals surface area (Å²) in [5, 5.41) is 12.5. The molecule has 1 heterocycles. The molecule has 0 aliphatic heterocycles. The molecule has 0 fully saturated rings. The summed E-state index contributed by atoms with van der Waals surface area (Å²) in [6.45, 7) is 1.46. The highest BCUT2D eigenvalue weighted by atomic mass is 16.5. The summed E-state index contributed by atoms with van der Waals surface area (Å²) in [5.74, 6) is 0.233. The van der Waals surface area contributed by atoms with E-state index in [-0.39, 0.29) is 0 Å². The van der Waals surface area contributed by atoms with Gasteiger partial charge in [0, 0.05) is 7.11 Å². The average molecular weight is 257 g/mol. The number of carbonyl (C=O) groups is 1. The van der Waals surface area contributed by atoms with E-state index in [1.54, 1.807) is 13.2 Å². The lowest BCUT2D eigenvalue weighted by atomic mass is 10.2. The summed E-state index contributed by atoms with van der Waals surface area (Å²) in [6, 6.07) is 1.63. The molecule has 102 valence electrons. The van der Waals surface area contributed by atoms with Crippen molar-refractivity contribution in [1.29, 1.82) is 0 Å². The Labute approximate surface area is 106 Å². The smallest absolute Gasteiger partial charge is 0.341 e. The summed E-state index contributed by atoms with van der Waals surface area (Å²) in [4.78, 5) is 11.2. The van der Waals surface area contributed by atoms with Gasteiger partial charge in [0.05, 0.1) is 31.9 Å². The third kappa shape index (κ3) is 4.87. The molecule has 0 aliphatic rings. The Morgan fingerprint density at radius 3 is 3.00 bits per heavy atom. The number of nitrogens with one attached hydrogen (secondary N) is 1. The number of furan rings is 1. The van der Waals surface area contributed by atoms with Crippen LogP contribution in [0.3, 0.4) is 0 Å². The molecule has 0 amide bonds. The highest BCUT2D eigenvalue weighted by molar-refractivity contribution is 5.88. The van der Waals surface area contributed by atoms with Crippen molar-refractivity contribution in [1.82, 2.24) is 5.32 Å². The van der Waals surface area contributed by atoms with Crippen molar-refractivity contribution < 1.29 is 23.8 Å². The fourth-order valence-electron chi connectivity index (χ4n) is 1.45. The number of hydrogen-bond acceptors (Lipinski definition) is 6. The topological polar surface area (TPSA) is 80.9 Å². The molecule has 1 unspecified atom stereocenters. The van der Waals surface area contributed by atoms with Crippen molar-refractivity contribution in [3.63, 3.8) is 0 Å². The molecule has 0 aliphatic carbocycles. The van der Waals surface area contributed by atoms with Crippen LogP contribution in [0.15, 0.2) is 16.7 Å². The van der Waals surface area contributed by atoms with E-state index in [1.165, 1.54) is 13.4 Å². The molecule has 0 aromatic carbocycles. The van der Waals surface area contributed by atoms with E-state index in [0.29, 0.717) is 37.4 Å². The maximum absolute atomic E-state index is 11.2. The van der Waals surface area contributed by atoms with Crippen LogP contribution >= 0.6 is 0 Å².